The fraction of sp³-hybridized carbons (Fsp3) is 0.0741. The molecular formula is C27H21N3O2S. The van der Waals surface area contributed by atoms with E-state index in [1.54, 1.807) is 4.57 Å². The van der Waals surface area contributed by atoms with Crippen LogP contribution in [0.25, 0.3) is 6.08 Å². The maximum absolute atomic E-state index is 13.6. The summed E-state index contributed by atoms with van der Waals surface area (Å²) >= 11 is 1.34. The molecule has 0 fully saturated rings. The standard InChI is InChI=1S/C27H21N3O2S/c1-18-23(25(31)29-21-15-9-4-10-16-21)24(20-13-7-3-8-14-20)30-26(32)22(33-27(30)28-18)17-19-11-5-2-6-12-19/h2-17,24H,1H3,(H,29,31)/b22-17+. The Labute approximate surface area is 194 Å². The van der Waals surface area contributed by atoms with Crippen LogP contribution in [-0.4, -0.2) is 10.5 Å². The first-order valence-corrected chi connectivity index (χ1v) is 11.4. The first-order valence-electron chi connectivity index (χ1n) is 10.6. The van der Waals surface area contributed by atoms with Gasteiger partial charge in [-0.05, 0) is 36.3 Å². The number of anilines is 1. The minimum Gasteiger partial charge on any atom is -0.322 e. The number of fused-ring (bicyclic) bond motifs is 1. The Kier molecular flexibility index (Phi) is 5.59. The van der Waals surface area contributed by atoms with Gasteiger partial charge in [-0.1, -0.05) is 90.2 Å². The highest BCUT2D eigenvalue weighted by atomic mass is 32.1. The first-order chi connectivity index (χ1) is 16.1. The molecule has 2 heterocycles. The number of thiazole rings is 1. The van der Waals surface area contributed by atoms with Gasteiger partial charge < -0.3 is 5.32 Å². The summed E-state index contributed by atoms with van der Waals surface area (Å²) in [6.07, 6.45) is 1.87. The number of hydrogen-bond acceptors (Lipinski definition) is 4. The van der Waals surface area contributed by atoms with Crippen molar-refractivity contribution < 1.29 is 4.79 Å². The number of amides is 1. The number of benzene rings is 3. The van der Waals surface area contributed by atoms with E-state index in [2.05, 4.69) is 10.3 Å². The van der Waals surface area contributed by atoms with Crippen LogP contribution in [0.15, 0.2) is 112 Å². The number of nitrogens with zero attached hydrogens (tertiary/aromatic N) is 2. The highest BCUT2D eigenvalue weighted by Crippen LogP contribution is 2.30. The van der Waals surface area contributed by atoms with E-state index in [4.69, 9.17) is 0 Å². The van der Waals surface area contributed by atoms with Crippen LogP contribution in [-0.2, 0) is 4.79 Å². The summed E-state index contributed by atoms with van der Waals surface area (Å²) in [5.74, 6) is -0.270. The Hall–Kier alpha value is -4.03. The smallest absolute Gasteiger partial charge is 0.271 e. The van der Waals surface area contributed by atoms with E-state index in [9.17, 15) is 9.59 Å². The molecule has 1 aliphatic rings. The van der Waals surface area contributed by atoms with Crippen molar-refractivity contribution >= 4 is 29.0 Å². The average Bonchev–Trinajstić information content (AvgIpc) is 3.14. The van der Waals surface area contributed by atoms with Gasteiger partial charge in [-0.25, -0.2) is 4.99 Å². The summed E-state index contributed by atoms with van der Waals surface area (Å²) in [4.78, 5) is 32.3. The van der Waals surface area contributed by atoms with Crippen LogP contribution in [0.3, 0.4) is 0 Å². The molecule has 0 bridgehead atoms. The third-order valence-electron chi connectivity index (χ3n) is 5.51. The summed E-state index contributed by atoms with van der Waals surface area (Å²) in [6.45, 7) is 1.82. The molecule has 4 aromatic rings. The zero-order valence-corrected chi connectivity index (χ0v) is 18.8. The van der Waals surface area contributed by atoms with E-state index >= 15 is 0 Å². The minimum atomic E-state index is -0.566. The van der Waals surface area contributed by atoms with E-state index in [0.717, 1.165) is 11.1 Å². The summed E-state index contributed by atoms with van der Waals surface area (Å²) in [6, 6.07) is 28.1. The van der Waals surface area contributed by atoms with Gasteiger partial charge >= 0.3 is 0 Å². The van der Waals surface area contributed by atoms with Crippen LogP contribution < -0.4 is 20.2 Å². The van der Waals surface area contributed by atoms with Crippen LogP contribution in [0.2, 0.25) is 0 Å². The SMILES string of the molecule is CC1=C(C(=O)Nc2ccccc2)C(c2ccccc2)n2c(s/c(=C/c3ccccc3)c2=O)=N1. The van der Waals surface area contributed by atoms with Gasteiger partial charge in [0, 0.05) is 5.69 Å². The highest BCUT2D eigenvalue weighted by molar-refractivity contribution is 7.07. The number of hydrogen-bond donors (Lipinski definition) is 1. The second-order valence-electron chi connectivity index (χ2n) is 7.72. The third kappa shape index (κ3) is 4.08. The summed E-state index contributed by atoms with van der Waals surface area (Å²) in [5, 5.41) is 2.96. The predicted molar refractivity (Wildman–Crippen MR) is 132 cm³/mol. The number of rotatable bonds is 4. The van der Waals surface area contributed by atoms with Crippen molar-refractivity contribution in [2.24, 2.45) is 4.99 Å². The van der Waals surface area contributed by atoms with Crippen molar-refractivity contribution in [1.29, 1.82) is 0 Å². The zero-order chi connectivity index (χ0) is 22.8. The number of aromatic nitrogens is 1. The molecule has 5 nitrogen and oxygen atoms in total. The van der Waals surface area contributed by atoms with Crippen LogP contribution in [0.1, 0.15) is 24.1 Å². The predicted octanol–water partition coefficient (Wildman–Crippen LogP) is 3.87. The van der Waals surface area contributed by atoms with Crippen LogP contribution in [0, 0.1) is 0 Å². The molecule has 33 heavy (non-hydrogen) atoms. The second-order valence-corrected chi connectivity index (χ2v) is 8.73. The van der Waals surface area contributed by atoms with Crippen molar-refractivity contribution in [3.8, 4) is 0 Å². The fourth-order valence-electron chi connectivity index (χ4n) is 3.98. The van der Waals surface area contributed by atoms with Gasteiger partial charge in [0.2, 0.25) is 0 Å². The normalized spacial score (nSPS) is 15.7. The number of carbonyl (C=O) groups is 1. The molecule has 1 aromatic heterocycles. The average molecular weight is 452 g/mol. The number of allylic oxidation sites excluding steroid dienone is 1. The Balaban J connectivity index is 1.67. The van der Waals surface area contributed by atoms with E-state index in [-0.39, 0.29) is 11.5 Å². The summed E-state index contributed by atoms with van der Waals surface area (Å²) in [7, 11) is 0. The first kappa shape index (κ1) is 20.8. The molecule has 0 saturated carbocycles. The number of nitrogens with one attached hydrogen (secondary N) is 1. The van der Waals surface area contributed by atoms with Crippen molar-refractivity contribution in [3.63, 3.8) is 0 Å². The zero-order valence-electron chi connectivity index (χ0n) is 17.9. The van der Waals surface area contributed by atoms with E-state index < -0.39 is 6.04 Å². The number of carbonyl (C=O) groups excluding carboxylic acids is 1. The van der Waals surface area contributed by atoms with Gasteiger partial charge in [-0.15, -0.1) is 0 Å². The van der Waals surface area contributed by atoms with Crippen molar-refractivity contribution in [2.45, 2.75) is 13.0 Å². The van der Waals surface area contributed by atoms with Crippen molar-refractivity contribution in [1.82, 2.24) is 4.57 Å². The van der Waals surface area contributed by atoms with Gasteiger partial charge in [0.1, 0.15) is 0 Å². The van der Waals surface area contributed by atoms with E-state index in [1.165, 1.54) is 11.3 Å². The molecule has 1 N–H and O–H groups in total. The molecule has 0 spiro atoms. The lowest BCUT2D eigenvalue weighted by molar-refractivity contribution is -0.113. The third-order valence-corrected chi connectivity index (χ3v) is 6.49. The van der Waals surface area contributed by atoms with Crippen molar-refractivity contribution in [2.75, 3.05) is 5.32 Å². The largest absolute Gasteiger partial charge is 0.322 e. The molecule has 6 heteroatoms. The lowest BCUT2D eigenvalue weighted by Crippen LogP contribution is -2.40. The van der Waals surface area contributed by atoms with Gasteiger partial charge in [0.25, 0.3) is 11.5 Å². The quantitative estimate of drug-likeness (QED) is 0.512. The molecule has 0 aliphatic carbocycles. The molecule has 1 aliphatic heterocycles. The molecule has 3 aromatic carbocycles. The lowest BCUT2D eigenvalue weighted by atomic mass is 9.95. The molecule has 0 saturated heterocycles. The Bertz CT molecular complexity index is 1520. The molecule has 162 valence electrons. The molecule has 1 atom stereocenters. The van der Waals surface area contributed by atoms with Crippen LogP contribution in [0.4, 0.5) is 5.69 Å². The molecule has 1 unspecified atom stereocenters. The van der Waals surface area contributed by atoms with Gasteiger partial charge in [0.05, 0.1) is 21.8 Å². The fourth-order valence-corrected chi connectivity index (χ4v) is 5.03. The topological polar surface area (TPSA) is 63.5 Å². The Morgan fingerprint density at radius 1 is 0.939 bits per heavy atom. The maximum atomic E-state index is 13.6. The number of para-hydroxylation sites is 1. The second kappa shape index (κ2) is 8.84. The van der Waals surface area contributed by atoms with E-state index in [1.807, 2.05) is 104 Å². The summed E-state index contributed by atoms with van der Waals surface area (Å²) < 4.78 is 2.22. The lowest BCUT2D eigenvalue weighted by Gasteiger charge is -2.25. The van der Waals surface area contributed by atoms with E-state index in [0.29, 0.717) is 26.3 Å². The monoisotopic (exact) mass is 451 g/mol. The molecule has 5 rings (SSSR count). The maximum Gasteiger partial charge on any atom is 0.271 e. The van der Waals surface area contributed by atoms with Crippen molar-refractivity contribution in [3.05, 3.63) is 133 Å². The van der Waals surface area contributed by atoms with Gasteiger partial charge in [-0.3, -0.25) is 14.2 Å². The highest BCUT2D eigenvalue weighted by Gasteiger charge is 2.32. The Morgan fingerprint density at radius 2 is 1.55 bits per heavy atom. The van der Waals surface area contributed by atoms with Gasteiger partial charge in [-0.2, -0.15) is 0 Å². The molecule has 1 amide bonds. The Morgan fingerprint density at radius 3 is 2.21 bits per heavy atom. The van der Waals surface area contributed by atoms with Crippen LogP contribution in [0.5, 0.6) is 0 Å². The van der Waals surface area contributed by atoms with Crippen LogP contribution >= 0.6 is 11.3 Å². The summed E-state index contributed by atoms with van der Waals surface area (Å²) in [5.41, 5.74) is 3.40. The molecule has 0 radical (unpaired) electrons. The molecular weight excluding hydrogens is 430 g/mol. The van der Waals surface area contributed by atoms with Gasteiger partial charge in [0.15, 0.2) is 4.80 Å². The minimum absolute atomic E-state index is 0.158.